The Balaban J connectivity index is 2.11. The third kappa shape index (κ3) is 3.58. The molecule has 4 nitrogen and oxygen atoms in total. The molecular weight excluding hydrogens is 282 g/mol. The summed E-state index contributed by atoms with van der Waals surface area (Å²) in [7, 11) is 0. The Morgan fingerprint density at radius 2 is 2.10 bits per heavy atom. The van der Waals surface area contributed by atoms with E-state index in [0.717, 1.165) is 48.3 Å². The fraction of sp³-hybridized carbons (Fsp3) is 0.812. The minimum atomic E-state index is 0.116. The molecule has 1 saturated heterocycles. The van der Waals surface area contributed by atoms with Crippen LogP contribution >= 0.6 is 11.3 Å². The molecule has 1 aromatic rings. The van der Waals surface area contributed by atoms with Gasteiger partial charge in [0.15, 0.2) is 5.13 Å². The highest BCUT2D eigenvalue weighted by Crippen LogP contribution is 2.34. The number of rotatable bonds is 7. The maximum absolute atomic E-state index is 9.58. The van der Waals surface area contributed by atoms with Crippen LogP contribution in [0.2, 0.25) is 0 Å². The molecule has 0 aromatic carbocycles. The quantitative estimate of drug-likeness (QED) is 0.840. The molecule has 0 saturated carbocycles. The molecule has 1 N–H and O–H groups in total. The first-order valence-corrected chi connectivity index (χ1v) is 9.05. The molecular formula is C16H29N3OS. The van der Waals surface area contributed by atoms with Crippen LogP contribution in [0.15, 0.2) is 0 Å². The number of aliphatic hydroxyl groups is 1. The summed E-state index contributed by atoms with van der Waals surface area (Å²) in [6, 6.07) is 0.647. The number of hydrogen-bond donors (Lipinski definition) is 1. The molecule has 0 aliphatic carbocycles. The Morgan fingerprint density at radius 1 is 1.38 bits per heavy atom. The number of nitrogens with zero attached hydrogens (tertiary/aromatic N) is 3. The Kier molecular flexibility index (Phi) is 6.02. The Labute approximate surface area is 132 Å². The van der Waals surface area contributed by atoms with Crippen LogP contribution in [0.3, 0.4) is 0 Å². The SMILES string of the molecule is CCC(C)c1nc(N2CCC(N(CC)CC)C2)sc1CO. The lowest BCUT2D eigenvalue weighted by Crippen LogP contribution is -2.37. The molecule has 1 aliphatic heterocycles. The Bertz CT molecular complexity index is 445. The van der Waals surface area contributed by atoms with Gasteiger partial charge in [-0.2, -0.15) is 0 Å². The Hall–Kier alpha value is -0.650. The third-order valence-electron chi connectivity index (χ3n) is 4.70. The lowest BCUT2D eigenvalue weighted by atomic mass is 10.0. The molecule has 2 rings (SSSR count). The van der Waals surface area contributed by atoms with E-state index in [1.165, 1.54) is 6.42 Å². The average molecular weight is 311 g/mol. The van der Waals surface area contributed by atoms with E-state index in [1.807, 2.05) is 0 Å². The van der Waals surface area contributed by atoms with Gasteiger partial charge >= 0.3 is 0 Å². The second-order valence-electron chi connectivity index (χ2n) is 5.88. The van der Waals surface area contributed by atoms with Crippen molar-refractivity contribution in [2.24, 2.45) is 0 Å². The van der Waals surface area contributed by atoms with Crippen molar-refractivity contribution in [1.29, 1.82) is 0 Å². The van der Waals surface area contributed by atoms with Crippen molar-refractivity contribution in [3.05, 3.63) is 10.6 Å². The number of likely N-dealkylation sites (N-methyl/N-ethyl adjacent to an activating group) is 1. The maximum atomic E-state index is 9.58. The summed E-state index contributed by atoms with van der Waals surface area (Å²) in [4.78, 5) is 10.8. The summed E-state index contributed by atoms with van der Waals surface area (Å²) in [5, 5.41) is 10.7. The van der Waals surface area contributed by atoms with E-state index >= 15 is 0 Å². The first-order chi connectivity index (χ1) is 10.1. The second kappa shape index (κ2) is 7.56. The van der Waals surface area contributed by atoms with Crippen LogP contribution in [0.5, 0.6) is 0 Å². The number of aromatic nitrogens is 1. The van der Waals surface area contributed by atoms with E-state index in [-0.39, 0.29) is 6.61 Å². The van der Waals surface area contributed by atoms with Crippen molar-refractivity contribution in [2.75, 3.05) is 31.1 Å². The van der Waals surface area contributed by atoms with Gasteiger partial charge in [0, 0.05) is 19.1 Å². The normalized spacial score (nSPS) is 20.5. The van der Waals surface area contributed by atoms with Crippen molar-refractivity contribution in [3.8, 4) is 0 Å². The van der Waals surface area contributed by atoms with Crippen molar-refractivity contribution in [1.82, 2.24) is 9.88 Å². The van der Waals surface area contributed by atoms with E-state index in [0.29, 0.717) is 12.0 Å². The number of thiazole rings is 1. The summed E-state index contributed by atoms with van der Waals surface area (Å²) in [5.74, 6) is 0.429. The van der Waals surface area contributed by atoms with Crippen molar-refractivity contribution in [2.45, 2.75) is 59.1 Å². The van der Waals surface area contributed by atoms with E-state index in [2.05, 4.69) is 37.5 Å². The van der Waals surface area contributed by atoms with Gasteiger partial charge in [-0.05, 0) is 31.8 Å². The van der Waals surface area contributed by atoms with Crippen LogP contribution < -0.4 is 4.90 Å². The number of aliphatic hydroxyl groups excluding tert-OH is 1. The first-order valence-electron chi connectivity index (χ1n) is 8.23. The third-order valence-corrected chi connectivity index (χ3v) is 5.82. The lowest BCUT2D eigenvalue weighted by molar-refractivity contribution is 0.232. The molecule has 0 amide bonds. The second-order valence-corrected chi connectivity index (χ2v) is 6.94. The van der Waals surface area contributed by atoms with Gasteiger partial charge in [0.25, 0.3) is 0 Å². The summed E-state index contributed by atoms with van der Waals surface area (Å²) >= 11 is 1.68. The first kappa shape index (κ1) is 16.7. The standard InChI is InChI=1S/C16H29N3OS/c1-5-12(4)15-14(11-20)21-16(17-15)19-9-8-13(10-19)18(6-2)7-3/h12-13,20H,5-11H2,1-4H3. The summed E-state index contributed by atoms with van der Waals surface area (Å²) in [5.41, 5.74) is 1.10. The lowest BCUT2D eigenvalue weighted by Gasteiger charge is -2.25. The minimum absolute atomic E-state index is 0.116. The van der Waals surface area contributed by atoms with Crippen LogP contribution in [0, 0.1) is 0 Å². The van der Waals surface area contributed by atoms with Crippen LogP contribution in [0.1, 0.15) is 57.0 Å². The van der Waals surface area contributed by atoms with E-state index in [4.69, 9.17) is 4.98 Å². The van der Waals surface area contributed by atoms with Gasteiger partial charge in [0.1, 0.15) is 0 Å². The number of anilines is 1. The zero-order chi connectivity index (χ0) is 15.4. The smallest absolute Gasteiger partial charge is 0.185 e. The molecule has 2 heterocycles. The highest BCUT2D eigenvalue weighted by Gasteiger charge is 2.29. The van der Waals surface area contributed by atoms with Gasteiger partial charge in [-0.15, -0.1) is 0 Å². The van der Waals surface area contributed by atoms with E-state index in [9.17, 15) is 5.11 Å². The van der Waals surface area contributed by atoms with E-state index < -0.39 is 0 Å². The fourth-order valence-electron chi connectivity index (χ4n) is 3.13. The number of hydrogen-bond acceptors (Lipinski definition) is 5. The van der Waals surface area contributed by atoms with Crippen molar-refractivity contribution in [3.63, 3.8) is 0 Å². The molecule has 21 heavy (non-hydrogen) atoms. The van der Waals surface area contributed by atoms with E-state index in [1.54, 1.807) is 11.3 Å². The largest absolute Gasteiger partial charge is 0.391 e. The molecule has 1 fully saturated rings. The predicted molar refractivity (Wildman–Crippen MR) is 90.3 cm³/mol. The fourth-order valence-corrected chi connectivity index (χ4v) is 4.21. The molecule has 5 heteroatoms. The molecule has 120 valence electrons. The van der Waals surface area contributed by atoms with Gasteiger partial charge in [0.2, 0.25) is 0 Å². The van der Waals surface area contributed by atoms with Crippen LogP contribution in [-0.2, 0) is 6.61 Å². The zero-order valence-electron chi connectivity index (χ0n) is 13.8. The van der Waals surface area contributed by atoms with Crippen LogP contribution in [0.4, 0.5) is 5.13 Å². The van der Waals surface area contributed by atoms with Crippen molar-refractivity contribution < 1.29 is 5.11 Å². The molecule has 0 bridgehead atoms. The summed E-state index contributed by atoms with van der Waals surface area (Å²) < 4.78 is 0. The van der Waals surface area contributed by atoms with Gasteiger partial charge < -0.3 is 10.0 Å². The van der Waals surface area contributed by atoms with Gasteiger partial charge in [0.05, 0.1) is 17.2 Å². The highest BCUT2D eigenvalue weighted by molar-refractivity contribution is 7.15. The van der Waals surface area contributed by atoms with Crippen LogP contribution in [0.25, 0.3) is 0 Å². The average Bonchev–Trinajstić information content (AvgIpc) is 3.14. The molecule has 1 aliphatic rings. The highest BCUT2D eigenvalue weighted by atomic mass is 32.1. The maximum Gasteiger partial charge on any atom is 0.185 e. The van der Waals surface area contributed by atoms with Gasteiger partial charge in [-0.1, -0.05) is 39.0 Å². The minimum Gasteiger partial charge on any atom is -0.391 e. The molecule has 2 unspecified atom stereocenters. The molecule has 0 radical (unpaired) electrons. The van der Waals surface area contributed by atoms with Gasteiger partial charge in [-0.25, -0.2) is 4.98 Å². The Morgan fingerprint density at radius 3 is 2.67 bits per heavy atom. The molecule has 2 atom stereocenters. The molecule has 1 aromatic heterocycles. The zero-order valence-corrected chi connectivity index (χ0v) is 14.6. The summed E-state index contributed by atoms with van der Waals surface area (Å²) in [6.07, 6.45) is 2.28. The monoisotopic (exact) mass is 311 g/mol. The topological polar surface area (TPSA) is 39.6 Å². The molecule has 0 spiro atoms. The summed E-state index contributed by atoms with van der Waals surface area (Å²) in [6.45, 7) is 13.3. The van der Waals surface area contributed by atoms with Gasteiger partial charge in [-0.3, -0.25) is 4.90 Å². The van der Waals surface area contributed by atoms with Crippen LogP contribution in [-0.4, -0.2) is 47.2 Å². The predicted octanol–water partition coefficient (Wildman–Crippen LogP) is 3.07. The van der Waals surface area contributed by atoms with Crippen molar-refractivity contribution >= 4 is 16.5 Å².